The molecule has 0 saturated carbocycles. The summed E-state index contributed by atoms with van der Waals surface area (Å²) in [6.07, 6.45) is 3.67. The average molecular weight is 570 g/mol. The van der Waals surface area contributed by atoms with Gasteiger partial charge in [-0.2, -0.15) is 0 Å². The number of nitrogens with two attached hydrogens (primary N) is 1. The zero-order valence-corrected chi connectivity index (χ0v) is 22.9. The van der Waals surface area contributed by atoms with E-state index in [1.54, 1.807) is 55.6 Å². The van der Waals surface area contributed by atoms with Crippen molar-refractivity contribution in [3.63, 3.8) is 0 Å². The molecule has 5 N–H and O–H groups in total. The lowest BCUT2D eigenvalue weighted by molar-refractivity contribution is -0.135. The van der Waals surface area contributed by atoms with E-state index >= 15 is 0 Å². The van der Waals surface area contributed by atoms with Gasteiger partial charge >= 0.3 is 5.97 Å². The van der Waals surface area contributed by atoms with Gasteiger partial charge in [0.2, 0.25) is 0 Å². The highest BCUT2D eigenvalue weighted by Crippen LogP contribution is 2.33. The first kappa shape index (κ1) is 27.5. The van der Waals surface area contributed by atoms with Gasteiger partial charge in [-0.1, -0.05) is 36.4 Å². The topological polar surface area (TPSA) is 170 Å². The monoisotopic (exact) mass is 569 g/mol. The van der Waals surface area contributed by atoms with Crippen LogP contribution < -0.4 is 10.0 Å². The number of amidine groups is 1. The van der Waals surface area contributed by atoms with Gasteiger partial charge in [0.1, 0.15) is 12.4 Å². The maximum Gasteiger partial charge on any atom is 0.324 e. The van der Waals surface area contributed by atoms with Crippen LogP contribution in [0.3, 0.4) is 0 Å². The Hall–Kier alpha value is -5.03. The number of Topliss-reactive ketones (excluding diaryl/α,β-unsaturated/α-hetero) is 1. The first-order valence-electron chi connectivity index (χ1n) is 12.7. The van der Waals surface area contributed by atoms with Crippen molar-refractivity contribution in [2.24, 2.45) is 5.73 Å². The summed E-state index contributed by atoms with van der Waals surface area (Å²) >= 11 is 0. The number of nitrogens with one attached hydrogen (secondary N) is 2. The van der Waals surface area contributed by atoms with E-state index in [1.807, 2.05) is 12.1 Å². The first-order valence-corrected chi connectivity index (χ1v) is 14.2. The number of fused-ring (bicyclic) bond motifs is 2. The molecule has 0 fully saturated rings. The lowest BCUT2D eigenvalue weighted by Crippen LogP contribution is -2.35. The fourth-order valence-electron chi connectivity index (χ4n) is 4.94. The van der Waals surface area contributed by atoms with Crippen LogP contribution in [0.4, 0.5) is 5.69 Å². The zero-order chi connectivity index (χ0) is 29.3. The summed E-state index contributed by atoms with van der Waals surface area (Å²) in [6, 6.07) is 18.1. The molecule has 0 spiro atoms. The van der Waals surface area contributed by atoms with E-state index in [1.165, 1.54) is 18.3 Å². The smallest absolute Gasteiger partial charge is 0.324 e. The highest BCUT2D eigenvalue weighted by molar-refractivity contribution is 7.93. The summed E-state index contributed by atoms with van der Waals surface area (Å²) in [4.78, 5) is 32.4. The van der Waals surface area contributed by atoms with Crippen LogP contribution in [0.2, 0.25) is 0 Å². The van der Waals surface area contributed by atoms with E-state index in [2.05, 4.69) is 9.97 Å². The number of benzene rings is 3. The second-order valence-corrected chi connectivity index (χ2v) is 11.5. The van der Waals surface area contributed by atoms with Crippen molar-refractivity contribution in [2.45, 2.75) is 24.7 Å². The number of ketones is 1. The molecule has 5 rings (SSSR count). The van der Waals surface area contributed by atoms with E-state index in [9.17, 15) is 23.1 Å². The molecule has 11 heteroatoms. The molecule has 0 unspecified atom stereocenters. The van der Waals surface area contributed by atoms with Crippen LogP contribution in [0, 0.1) is 12.3 Å². The number of aromatic amines is 1. The number of aryl methyl sites for hydroxylation is 2. The Morgan fingerprint density at radius 3 is 2.51 bits per heavy atom. The Kier molecular flexibility index (Phi) is 7.29. The number of anilines is 1. The molecule has 3 aromatic carbocycles. The molecule has 0 aliphatic rings. The predicted octanol–water partition coefficient (Wildman–Crippen LogP) is 4.40. The van der Waals surface area contributed by atoms with Crippen molar-refractivity contribution < 1.29 is 23.1 Å². The van der Waals surface area contributed by atoms with Gasteiger partial charge in [-0.15, -0.1) is 0 Å². The van der Waals surface area contributed by atoms with Gasteiger partial charge in [0, 0.05) is 57.3 Å². The molecular weight excluding hydrogens is 542 g/mol. The second-order valence-electron chi connectivity index (χ2n) is 9.65. The van der Waals surface area contributed by atoms with Gasteiger partial charge in [-0.25, -0.2) is 8.42 Å². The number of carboxylic acids is 1. The Bertz CT molecular complexity index is 1930. The van der Waals surface area contributed by atoms with E-state index in [-0.39, 0.29) is 28.6 Å². The number of carboxylic acid groups (broad SMARTS) is 1. The summed E-state index contributed by atoms with van der Waals surface area (Å²) in [5.41, 5.74) is 8.82. The van der Waals surface area contributed by atoms with Crippen LogP contribution in [0.15, 0.2) is 84.0 Å². The Balaban J connectivity index is 1.52. The molecule has 0 saturated heterocycles. The van der Waals surface area contributed by atoms with Gasteiger partial charge in [0.15, 0.2) is 5.78 Å². The quantitative estimate of drug-likeness (QED) is 0.110. The number of aliphatic carboxylic acids is 1. The minimum Gasteiger partial charge on any atom is -0.480 e. The molecule has 0 aliphatic carbocycles. The molecule has 5 aromatic rings. The van der Waals surface area contributed by atoms with Crippen LogP contribution in [-0.2, 0) is 21.2 Å². The van der Waals surface area contributed by atoms with E-state index in [4.69, 9.17) is 11.1 Å². The number of H-pyrrole nitrogens is 1. The highest BCUT2D eigenvalue weighted by Gasteiger charge is 2.29. The maximum atomic E-state index is 13.9. The SMILES string of the molecule is Cc1[nH]c2ccc(N(CC(=O)O)S(=O)(=O)c3cccc4cnccc34)cc2c1C(=O)CCc1ccc(C(=N)N)cc1. The number of nitrogen functional groups attached to an aromatic ring is 1. The summed E-state index contributed by atoms with van der Waals surface area (Å²) < 4.78 is 28.7. The number of carbonyl (C=O) groups is 2. The largest absolute Gasteiger partial charge is 0.480 e. The molecule has 0 aliphatic heterocycles. The molecule has 0 amide bonds. The molecule has 0 atom stereocenters. The van der Waals surface area contributed by atoms with Gasteiger partial charge in [-0.3, -0.25) is 24.3 Å². The average Bonchev–Trinajstić information content (AvgIpc) is 3.29. The second kappa shape index (κ2) is 10.9. The summed E-state index contributed by atoms with van der Waals surface area (Å²) in [5.74, 6) is -1.50. The molecule has 2 aromatic heterocycles. The fraction of sp³-hybridized carbons (Fsp3) is 0.133. The number of sulfonamides is 1. The molecule has 208 valence electrons. The van der Waals surface area contributed by atoms with Crippen LogP contribution >= 0.6 is 0 Å². The number of rotatable bonds is 10. The van der Waals surface area contributed by atoms with E-state index in [0.717, 1.165) is 9.87 Å². The fourth-order valence-corrected chi connectivity index (χ4v) is 6.56. The summed E-state index contributed by atoms with van der Waals surface area (Å²) in [5, 5.41) is 18.7. The Morgan fingerprint density at radius 1 is 1.05 bits per heavy atom. The third-order valence-corrected chi connectivity index (χ3v) is 8.76. The van der Waals surface area contributed by atoms with Crippen molar-refractivity contribution in [3.05, 3.63) is 102 Å². The van der Waals surface area contributed by atoms with Crippen molar-refractivity contribution in [1.29, 1.82) is 5.41 Å². The molecule has 0 radical (unpaired) electrons. The number of aromatic nitrogens is 2. The van der Waals surface area contributed by atoms with Gasteiger partial charge in [-0.05, 0) is 49.2 Å². The van der Waals surface area contributed by atoms with Crippen LogP contribution in [-0.4, -0.2) is 47.6 Å². The first-order chi connectivity index (χ1) is 19.6. The van der Waals surface area contributed by atoms with Gasteiger partial charge in [0.05, 0.1) is 10.6 Å². The Morgan fingerprint density at radius 2 is 1.80 bits per heavy atom. The lowest BCUT2D eigenvalue weighted by atomic mass is 9.99. The number of hydrogen-bond donors (Lipinski definition) is 4. The molecular formula is C30H27N5O5S. The van der Waals surface area contributed by atoms with Crippen LogP contribution in [0.25, 0.3) is 21.7 Å². The van der Waals surface area contributed by atoms with Gasteiger partial charge in [0.25, 0.3) is 10.0 Å². The normalized spacial score (nSPS) is 11.5. The van der Waals surface area contributed by atoms with Crippen LogP contribution in [0.1, 0.15) is 33.6 Å². The van der Waals surface area contributed by atoms with Crippen molar-refractivity contribution in [3.8, 4) is 0 Å². The minimum atomic E-state index is -4.32. The van der Waals surface area contributed by atoms with Crippen LogP contribution in [0.5, 0.6) is 0 Å². The van der Waals surface area contributed by atoms with Crippen molar-refractivity contribution >= 4 is 55.0 Å². The van der Waals surface area contributed by atoms with Gasteiger partial charge < -0.3 is 15.8 Å². The van der Waals surface area contributed by atoms with Crippen molar-refractivity contribution in [2.75, 3.05) is 10.8 Å². The van der Waals surface area contributed by atoms with E-state index < -0.39 is 22.5 Å². The molecule has 10 nitrogen and oxygen atoms in total. The number of carbonyl (C=O) groups excluding carboxylic acids is 1. The molecule has 0 bridgehead atoms. The molecule has 2 heterocycles. The molecule has 41 heavy (non-hydrogen) atoms. The Labute approximate surface area is 236 Å². The highest BCUT2D eigenvalue weighted by atomic mass is 32.2. The number of nitrogens with zero attached hydrogens (tertiary/aromatic N) is 2. The standard InChI is InChI=1S/C30H27N5O5S/c1-18-29(26(36)12-7-19-5-8-20(9-6-19)30(31)32)24-15-22(10-11-25(24)34-18)35(17-28(37)38)41(39,40)27-4-2-3-21-16-33-14-13-23(21)27/h2-6,8-11,13-16,34H,7,12,17H2,1H3,(H3,31,32)(H,37,38). The predicted molar refractivity (Wildman–Crippen MR) is 157 cm³/mol. The summed E-state index contributed by atoms with van der Waals surface area (Å²) in [6.45, 7) is 0.961. The maximum absolute atomic E-state index is 13.9. The number of pyridine rings is 1. The zero-order valence-electron chi connectivity index (χ0n) is 22.1. The lowest BCUT2D eigenvalue weighted by Gasteiger charge is -2.23. The minimum absolute atomic E-state index is 0.0331. The van der Waals surface area contributed by atoms with Crippen molar-refractivity contribution in [1.82, 2.24) is 9.97 Å². The third kappa shape index (κ3) is 5.39. The van der Waals surface area contributed by atoms with E-state index in [0.29, 0.717) is 44.9 Å². The third-order valence-electron chi connectivity index (χ3n) is 6.93. The summed E-state index contributed by atoms with van der Waals surface area (Å²) in [7, 11) is -4.32. The number of hydrogen-bond acceptors (Lipinski definition) is 6.